The van der Waals surface area contributed by atoms with Crippen molar-refractivity contribution in [3.63, 3.8) is 0 Å². The zero-order valence-corrected chi connectivity index (χ0v) is 19.2. The van der Waals surface area contributed by atoms with Gasteiger partial charge < -0.3 is 4.74 Å². The lowest BCUT2D eigenvalue weighted by Crippen LogP contribution is -2.30. The molecule has 6 heteroatoms. The number of hydrogen-bond acceptors (Lipinski definition) is 4. The number of rotatable bonds is 4. The van der Waals surface area contributed by atoms with Crippen molar-refractivity contribution in [2.75, 3.05) is 12.0 Å². The molecule has 0 aliphatic carbocycles. The van der Waals surface area contributed by atoms with E-state index in [2.05, 4.69) is 36.0 Å². The number of nitrogens with one attached hydrogen (secondary N) is 1. The molecule has 1 atom stereocenters. The number of ether oxygens (including phenoxy) is 1. The first-order chi connectivity index (χ1) is 15.9. The Labute approximate surface area is 193 Å². The van der Waals surface area contributed by atoms with Gasteiger partial charge in [0.1, 0.15) is 5.75 Å². The van der Waals surface area contributed by atoms with Gasteiger partial charge in [-0.15, -0.1) is 0 Å². The summed E-state index contributed by atoms with van der Waals surface area (Å²) >= 11 is 0. The molecule has 2 aromatic heterocycles. The fraction of sp³-hybridized carbons (Fsp3) is 0.222. The molecule has 0 radical (unpaired) electrons. The van der Waals surface area contributed by atoms with Gasteiger partial charge >= 0.3 is 0 Å². The summed E-state index contributed by atoms with van der Waals surface area (Å²) in [5.41, 5.74) is 5.93. The van der Waals surface area contributed by atoms with E-state index in [4.69, 9.17) is 4.74 Å². The average Bonchev–Trinajstić information content (AvgIpc) is 3.39. The van der Waals surface area contributed by atoms with Gasteiger partial charge in [0.05, 0.1) is 13.2 Å². The number of carbonyl (C=O) groups excluding carboxylic acids is 1. The summed E-state index contributed by atoms with van der Waals surface area (Å²) in [6.07, 6.45) is 3.59. The van der Waals surface area contributed by atoms with E-state index in [1.165, 1.54) is 0 Å². The minimum atomic E-state index is -0.346. The summed E-state index contributed by atoms with van der Waals surface area (Å²) in [4.78, 5) is 19.7. The largest absolute Gasteiger partial charge is 0.496 e. The van der Waals surface area contributed by atoms with Gasteiger partial charge in [-0.2, -0.15) is 5.10 Å². The molecule has 1 N–H and O–H groups in total. The highest BCUT2D eigenvalue weighted by molar-refractivity contribution is 6.11. The lowest BCUT2D eigenvalue weighted by atomic mass is 9.85. The predicted octanol–water partition coefficient (Wildman–Crippen LogP) is 5.53. The summed E-state index contributed by atoms with van der Waals surface area (Å²) in [6, 6.07) is 19.4. The molecule has 5 rings (SSSR count). The molecule has 0 bridgehead atoms. The lowest BCUT2D eigenvalue weighted by molar-refractivity contribution is 0.0988. The van der Waals surface area contributed by atoms with E-state index in [-0.39, 0.29) is 17.4 Å². The number of anilines is 1. The number of hydrogen-bond donors (Lipinski definition) is 1. The van der Waals surface area contributed by atoms with Gasteiger partial charge in [0.25, 0.3) is 5.91 Å². The minimum Gasteiger partial charge on any atom is -0.496 e. The minimum absolute atomic E-state index is 0.123. The number of fused-ring (bicyclic) bond motifs is 1. The molecule has 166 valence electrons. The van der Waals surface area contributed by atoms with Crippen LogP contribution in [-0.4, -0.2) is 28.2 Å². The average molecular weight is 439 g/mol. The third-order valence-electron chi connectivity index (χ3n) is 6.08. The Balaban J connectivity index is 1.66. The van der Waals surface area contributed by atoms with Crippen LogP contribution in [0.3, 0.4) is 0 Å². The molecule has 4 aromatic rings. The molecule has 1 amide bonds. The van der Waals surface area contributed by atoms with Crippen molar-refractivity contribution >= 4 is 11.6 Å². The molecular weight excluding hydrogens is 412 g/mol. The third-order valence-corrected chi connectivity index (χ3v) is 6.08. The number of carbonyl (C=O) groups is 1. The molecule has 1 unspecified atom stereocenters. The van der Waals surface area contributed by atoms with Gasteiger partial charge in [0, 0.05) is 40.3 Å². The second-order valence-electron chi connectivity index (χ2n) is 9.22. The molecule has 2 aromatic carbocycles. The zero-order chi connectivity index (χ0) is 23.2. The Bertz CT molecular complexity index is 1300. The van der Waals surface area contributed by atoms with Gasteiger partial charge in [-0.25, -0.2) is 0 Å². The van der Waals surface area contributed by atoms with E-state index in [0.717, 1.165) is 39.4 Å². The monoisotopic (exact) mass is 438 g/mol. The van der Waals surface area contributed by atoms with Crippen LogP contribution in [0.5, 0.6) is 5.75 Å². The Morgan fingerprint density at radius 1 is 0.970 bits per heavy atom. The maximum atomic E-state index is 13.7. The molecular formula is C27H26N4O2. The molecule has 0 spiro atoms. The van der Waals surface area contributed by atoms with Crippen LogP contribution >= 0.6 is 0 Å². The van der Waals surface area contributed by atoms with Crippen LogP contribution in [0.25, 0.3) is 11.1 Å². The quantitative estimate of drug-likeness (QED) is 0.455. The van der Waals surface area contributed by atoms with Gasteiger partial charge in [0.2, 0.25) is 0 Å². The second kappa shape index (κ2) is 7.89. The van der Waals surface area contributed by atoms with Crippen LogP contribution in [0.15, 0.2) is 73.1 Å². The van der Waals surface area contributed by atoms with Crippen molar-refractivity contribution in [2.24, 2.45) is 0 Å². The molecule has 33 heavy (non-hydrogen) atoms. The smallest absolute Gasteiger partial charge is 0.280 e. The lowest BCUT2D eigenvalue weighted by Gasteiger charge is -2.29. The molecule has 6 nitrogen and oxygen atoms in total. The van der Waals surface area contributed by atoms with Crippen molar-refractivity contribution in [1.82, 2.24) is 15.2 Å². The maximum Gasteiger partial charge on any atom is 0.280 e. The summed E-state index contributed by atoms with van der Waals surface area (Å²) in [5.74, 6) is 0.614. The number of amides is 1. The number of aromatic nitrogens is 3. The van der Waals surface area contributed by atoms with Crippen LogP contribution in [0.1, 0.15) is 54.1 Å². The molecule has 0 fully saturated rings. The number of benzene rings is 2. The Kier molecular flexibility index (Phi) is 5.01. The van der Waals surface area contributed by atoms with E-state index in [1.54, 1.807) is 13.3 Å². The number of H-pyrrole nitrogens is 1. The SMILES string of the molecule is COc1ccccc1C1c2c(n[nH]c2C(C)(C)C)C(=O)N1c1ccc(-c2cccnc2)cc1. The second-order valence-corrected chi connectivity index (χ2v) is 9.22. The van der Waals surface area contributed by atoms with Crippen LogP contribution in [0.4, 0.5) is 5.69 Å². The van der Waals surface area contributed by atoms with Crippen molar-refractivity contribution in [3.8, 4) is 16.9 Å². The molecule has 3 heterocycles. The summed E-state index contributed by atoms with van der Waals surface area (Å²) in [7, 11) is 1.66. The fourth-order valence-corrected chi connectivity index (χ4v) is 4.51. The van der Waals surface area contributed by atoms with E-state index in [9.17, 15) is 4.79 Å². The summed E-state index contributed by atoms with van der Waals surface area (Å²) < 4.78 is 5.70. The standard InChI is InChI=1S/C27H26N4O2/c1-27(2,3)25-22-23(29-30-25)26(32)31(24(22)20-9-5-6-10-21(20)33-4)19-13-11-17(12-14-19)18-8-7-15-28-16-18/h5-16,24H,1-4H3,(H,29,30). The van der Waals surface area contributed by atoms with Gasteiger partial charge in [0.15, 0.2) is 5.69 Å². The Hall–Kier alpha value is -3.93. The first kappa shape index (κ1) is 20.9. The highest BCUT2D eigenvalue weighted by atomic mass is 16.5. The highest BCUT2D eigenvalue weighted by Gasteiger charge is 2.45. The predicted molar refractivity (Wildman–Crippen MR) is 129 cm³/mol. The van der Waals surface area contributed by atoms with Crippen molar-refractivity contribution < 1.29 is 9.53 Å². The number of methoxy groups -OCH3 is 1. The van der Waals surface area contributed by atoms with Crippen LogP contribution in [-0.2, 0) is 5.41 Å². The normalized spacial score (nSPS) is 15.6. The molecule has 0 saturated carbocycles. The maximum absolute atomic E-state index is 13.7. The van der Waals surface area contributed by atoms with E-state index in [1.807, 2.05) is 71.8 Å². The van der Waals surface area contributed by atoms with E-state index < -0.39 is 0 Å². The summed E-state index contributed by atoms with van der Waals surface area (Å²) in [5, 5.41) is 7.59. The number of para-hydroxylation sites is 1. The van der Waals surface area contributed by atoms with Crippen LogP contribution in [0.2, 0.25) is 0 Å². The number of nitrogens with zero attached hydrogens (tertiary/aromatic N) is 3. The first-order valence-corrected chi connectivity index (χ1v) is 11.0. The van der Waals surface area contributed by atoms with E-state index in [0.29, 0.717) is 5.69 Å². The van der Waals surface area contributed by atoms with E-state index >= 15 is 0 Å². The van der Waals surface area contributed by atoms with Gasteiger partial charge in [-0.1, -0.05) is 57.2 Å². The third kappa shape index (κ3) is 3.48. The first-order valence-electron chi connectivity index (χ1n) is 11.0. The summed E-state index contributed by atoms with van der Waals surface area (Å²) in [6.45, 7) is 6.36. The topological polar surface area (TPSA) is 71.1 Å². The van der Waals surface area contributed by atoms with Crippen molar-refractivity contribution in [1.29, 1.82) is 0 Å². The fourth-order valence-electron chi connectivity index (χ4n) is 4.51. The van der Waals surface area contributed by atoms with Gasteiger partial charge in [-0.05, 0) is 35.4 Å². The van der Waals surface area contributed by atoms with Crippen LogP contribution in [0, 0.1) is 0 Å². The van der Waals surface area contributed by atoms with Crippen LogP contribution < -0.4 is 9.64 Å². The molecule has 1 aliphatic rings. The number of aromatic amines is 1. The highest BCUT2D eigenvalue weighted by Crippen LogP contribution is 2.47. The molecule has 0 saturated heterocycles. The Morgan fingerprint density at radius 2 is 1.73 bits per heavy atom. The van der Waals surface area contributed by atoms with Crippen molar-refractivity contribution in [3.05, 3.63) is 95.6 Å². The molecule has 1 aliphatic heterocycles. The number of pyridine rings is 1. The Morgan fingerprint density at radius 3 is 2.39 bits per heavy atom. The van der Waals surface area contributed by atoms with Gasteiger partial charge in [-0.3, -0.25) is 19.8 Å². The van der Waals surface area contributed by atoms with Crippen molar-refractivity contribution in [2.45, 2.75) is 32.2 Å². The zero-order valence-electron chi connectivity index (χ0n) is 19.2.